The lowest BCUT2D eigenvalue weighted by molar-refractivity contribution is -0.123. The van der Waals surface area contributed by atoms with E-state index in [1.54, 1.807) is 30.3 Å². The minimum Gasteiger partial charge on any atom is -0.490 e. The lowest BCUT2D eigenvalue weighted by Gasteiger charge is -2.14. The van der Waals surface area contributed by atoms with Crippen LogP contribution < -0.4 is 14.8 Å². The standard InChI is InChI=1S/C27H24BrFN2O4/c1-3-34-24-13-20(22(28)14-25(24)35-16-19-8-10-21(29)11-9-19)12-23-26(32)31(27(33)30-23)15-18-6-4-17(2)5-7-18/h4-14H,3,15-16H2,1-2H3,(H,30,33)/b23-12+. The third kappa shape index (κ3) is 5.89. The second-order valence-corrected chi connectivity index (χ2v) is 8.89. The second kappa shape index (κ2) is 10.7. The van der Waals surface area contributed by atoms with Crippen molar-refractivity contribution >= 4 is 33.9 Å². The molecule has 8 heteroatoms. The first-order chi connectivity index (χ1) is 16.8. The van der Waals surface area contributed by atoms with Crippen molar-refractivity contribution in [2.75, 3.05) is 6.61 Å². The molecular weight excluding hydrogens is 515 g/mol. The highest BCUT2D eigenvalue weighted by molar-refractivity contribution is 9.10. The minimum absolute atomic E-state index is 0.172. The maximum Gasteiger partial charge on any atom is 0.329 e. The van der Waals surface area contributed by atoms with E-state index in [-0.39, 0.29) is 24.7 Å². The van der Waals surface area contributed by atoms with Crippen LogP contribution in [0.4, 0.5) is 9.18 Å². The minimum atomic E-state index is -0.470. The van der Waals surface area contributed by atoms with Gasteiger partial charge >= 0.3 is 6.03 Å². The SMILES string of the molecule is CCOc1cc(/C=C2/NC(=O)N(Cc3ccc(C)cc3)C2=O)c(Br)cc1OCc1ccc(F)cc1. The summed E-state index contributed by atoms with van der Waals surface area (Å²) in [6.07, 6.45) is 1.60. The van der Waals surface area contributed by atoms with Crippen LogP contribution in [0.2, 0.25) is 0 Å². The van der Waals surface area contributed by atoms with Crippen LogP contribution in [0, 0.1) is 12.7 Å². The molecule has 0 saturated carbocycles. The molecule has 0 aliphatic carbocycles. The number of hydrogen-bond donors (Lipinski definition) is 1. The number of nitrogens with zero attached hydrogens (tertiary/aromatic N) is 1. The largest absolute Gasteiger partial charge is 0.490 e. The predicted molar refractivity (Wildman–Crippen MR) is 134 cm³/mol. The van der Waals surface area contributed by atoms with E-state index in [2.05, 4.69) is 21.2 Å². The number of benzene rings is 3. The van der Waals surface area contributed by atoms with E-state index in [4.69, 9.17) is 9.47 Å². The topological polar surface area (TPSA) is 67.9 Å². The fraction of sp³-hybridized carbons (Fsp3) is 0.185. The summed E-state index contributed by atoms with van der Waals surface area (Å²) in [7, 11) is 0. The van der Waals surface area contributed by atoms with Crippen molar-refractivity contribution < 1.29 is 23.5 Å². The van der Waals surface area contributed by atoms with Crippen molar-refractivity contribution in [2.45, 2.75) is 27.0 Å². The zero-order valence-electron chi connectivity index (χ0n) is 19.3. The smallest absolute Gasteiger partial charge is 0.329 e. The lowest BCUT2D eigenvalue weighted by atomic mass is 10.1. The van der Waals surface area contributed by atoms with Gasteiger partial charge < -0.3 is 14.8 Å². The Bertz CT molecular complexity index is 1270. The normalized spacial score (nSPS) is 14.4. The van der Waals surface area contributed by atoms with Crippen LogP contribution in [0.15, 0.2) is 70.8 Å². The van der Waals surface area contributed by atoms with E-state index in [1.165, 1.54) is 17.0 Å². The molecule has 0 bridgehead atoms. The molecule has 0 aromatic heterocycles. The molecule has 35 heavy (non-hydrogen) atoms. The summed E-state index contributed by atoms with van der Waals surface area (Å²) in [6, 6.07) is 16.7. The Labute approximate surface area is 211 Å². The fourth-order valence-corrected chi connectivity index (χ4v) is 3.97. The quantitative estimate of drug-likeness (QED) is 0.283. The number of urea groups is 1. The van der Waals surface area contributed by atoms with Gasteiger partial charge in [0.1, 0.15) is 18.1 Å². The first-order valence-electron chi connectivity index (χ1n) is 11.1. The van der Waals surface area contributed by atoms with Crippen molar-refractivity contribution in [1.82, 2.24) is 10.2 Å². The molecule has 3 aromatic carbocycles. The number of carbonyl (C=O) groups is 2. The number of halogens is 2. The Morgan fingerprint density at radius 3 is 2.31 bits per heavy atom. The number of imide groups is 1. The van der Waals surface area contributed by atoms with Crippen molar-refractivity contribution in [3.05, 3.63) is 98.9 Å². The fourth-order valence-electron chi connectivity index (χ4n) is 3.53. The third-order valence-corrected chi connectivity index (χ3v) is 6.08. The first kappa shape index (κ1) is 24.5. The summed E-state index contributed by atoms with van der Waals surface area (Å²) in [5.41, 5.74) is 3.59. The molecule has 0 spiro atoms. The summed E-state index contributed by atoms with van der Waals surface area (Å²) in [5, 5.41) is 2.65. The molecule has 1 fully saturated rings. The summed E-state index contributed by atoms with van der Waals surface area (Å²) in [4.78, 5) is 26.6. The summed E-state index contributed by atoms with van der Waals surface area (Å²) >= 11 is 3.52. The van der Waals surface area contributed by atoms with Gasteiger partial charge in [-0.1, -0.05) is 57.9 Å². The zero-order chi connectivity index (χ0) is 24.9. The van der Waals surface area contributed by atoms with E-state index in [0.717, 1.165) is 16.7 Å². The number of amides is 3. The van der Waals surface area contributed by atoms with Gasteiger partial charge in [-0.25, -0.2) is 9.18 Å². The van der Waals surface area contributed by atoms with E-state index < -0.39 is 11.9 Å². The lowest BCUT2D eigenvalue weighted by Crippen LogP contribution is -2.30. The number of hydrogen-bond acceptors (Lipinski definition) is 4. The van der Waals surface area contributed by atoms with Crippen molar-refractivity contribution in [2.24, 2.45) is 0 Å². The van der Waals surface area contributed by atoms with Gasteiger partial charge in [0, 0.05) is 4.47 Å². The molecule has 1 saturated heterocycles. The van der Waals surface area contributed by atoms with Gasteiger partial charge in [0.2, 0.25) is 0 Å². The molecule has 0 radical (unpaired) electrons. The van der Waals surface area contributed by atoms with Crippen LogP contribution in [0.5, 0.6) is 11.5 Å². The maximum absolute atomic E-state index is 13.2. The highest BCUT2D eigenvalue weighted by atomic mass is 79.9. The van der Waals surface area contributed by atoms with Crippen molar-refractivity contribution in [3.63, 3.8) is 0 Å². The predicted octanol–water partition coefficient (Wildman–Crippen LogP) is 5.97. The second-order valence-electron chi connectivity index (χ2n) is 8.03. The van der Waals surface area contributed by atoms with E-state index in [1.807, 2.05) is 38.1 Å². The number of rotatable bonds is 8. The van der Waals surface area contributed by atoms with Gasteiger partial charge in [0.15, 0.2) is 11.5 Å². The van der Waals surface area contributed by atoms with Gasteiger partial charge in [-0.15, -0.1) is 0 Å². The Morgan fingerprint density at radius 1 is 0.971 bits per heavy atom. The van der Waals surface area contributed by atoms with Gasteiger partial charge in [-0.2, -0.15) is 0 Å². The molecule has 3 amide bonds. The summed E-state index contributed by atoms with van der Waals surface area (Å²) in [5.74, 6) is 0.262. The van der Waals surface area contributed by atoms with Crippen LogP contribution >= 0.6 is 15.9 Å². The van der Waals surface area contributed by atoms with E-state index in [0.29, 0.717) is 28.1 Å². The van der Waals surface area contributed by atoms with Crippen molar-refractivity contribution in [1.29, 1.82) is 0 Å². The van der Waals surface area contributed by atoms with Gasteiger partial charge in [0.05, 0.1) is 13.2 Å². The van der Waals surface area contributed by atoms with Crippen LogP contribution in [0.1, 0.15) is 29.2 Å². The van der Waals surface area contributed by atoms with Crippen LogP contribution in [-0.2, 0) is 17.9 Å². The van der Waals surface area contributed by atoms with Crippen LogP contribution in [-0.4, -0.2) is 23.4 Å². The summed E-state index contributed by atoms with van der Waals surface area (Å²) in [6.45, 7) is 4.66. The molecular formula is C27H24BrFN2O4. The number of ether oxygens (including phenoxy) is 2. The van der Waals surface area contributed by atoms with Crippen LogP contribution in [0.25, 0.3) is 6.08 Å². The Hall–Kier alpha value is -3.65. The summed E-state index contributed by atoms with van der Waals surface area (Å²) < 4.78 is 25.5. The Balaban J connectivity index is 1.54. The monoisotopic (exact) mass is 538 g/mol. The molecule has 1 N–H and O–H groups in total. The molecule has 1 heterocycles. The Morgan fingerprint density at radius 2 is 1.63 bits per heavy atom. The first-order valence-corrected chi connectivity index (χ1v) is 11.9. The molecule has 4 rings (SSSR count). The van der Waals surface area contributed by atoms with Gasteiger partial charge in [-0.05, 0) is 60.9 Å². The number of carbonyl (C=O) groups excluding carboxylic acids is 2. The third-order valence-electron chi connectivity index (χ3n) is 5.39. The van der Waals surface area contributed by atoms with Gasteiger partial charge in [0.25, 0.3) is 5.91 Å². The molecule has 3 aromatic rings. The van der Waals surface area contributed by atoms with Gasteiger partial charge in [-0.3, -0.25) is 9.69 Å². The highest BCUT2D eigenvalue weighted by Gasteiger charge is 2.33. The van der Waals surface area contributed by atoms with Crippen molar-refractivity contribution in [3.8, 4) is 11.5 Å². The molecule has 0 atom stereocenters. The molecule has 1 aliphatic rings. The average molecular weight is 539 g/mol. The molecule has 180 valence electrons. The molecule has 6 nitrogen and oxygen atoms in total. The maximum atomic E-state index is 13.2. The Kier molecular flexibility index (Phi) is 7.51. The molecule has 1 aliphatic heterocycles. The highest BCUT2D eigenvalue weighted by Crippen LogP contribution is 2.36. The molecule has 0 unspecified atom stereocenters. The van der Waals surface area contributed by atoms with E-state index >= 15 is 0 Å². The average Bonchev–Trinajstić information content (AvgIpc) is 3.10. The number of nitrogens with one attached hydrogen (secondary N) is 1. The van der Waals surface area contributed by atoms with Crippen LogP contribution in [0.3, 0.4) is 0 Å². The zero-order valence-corrected chi connectivity index (χ0v) is 20.9. The number of aryl methyl sites for hydroxylation is 1. The van der Waals surface area contributed by atoms with E-state index in [9.17, 15) is 14.0 Å².